The topological polar surface area (TPSA) is 4.93 Å². The van der Waals surface area contributed by atoms with Crippen LogP contribution in [0.1, 0.15) is 0 Å². The van der Waals surface area contributed by atoms with Crippen LogP contribution in [-0.2, 0) is 0 Å². The van der Waals surface area contributed by atoms with Crippen LogP contribution in [0.5, 0.6) is 0 Å². The van der Waals surface area contributed by atoms with Crippen LogP contribution in [0, 0.1) is 5.82 Å². The molecule has 0 aliphatic heterocycles. The summed E-state index contributed by atoms with van der Waals surface area (Å²) in [6, 6.07) is 16.2. The molecule has 92 valence electrons. The fourth-order valence-electron chi connectivity index (χ4n) is 1.97. The van der Waals surface area contributed by atoms with Crippen molar-refractivity contribution in [3.8, 4) is 11.3 Å². The van der Waals surface area contributed by atoms with Crippen LogP contribution in [0.25, 0.3) is 22.2 Å². The number of para-hydroxylation sites is 1. The predicted molar refractivity (Wildman–Crippen MR) is 75.8 cm³/mol. The Morgan fingerprint density at radius 3 is 2.33 bits per heavy atom. The van der Waals surface area contributed by atoms with E-state index in [2.05, 4.69) is 0 Å². The summed E-state index contributed by atoms with van der Waals surface area (Å²) in [5.74, 6) is -0.266. The quantitative estimate of drug-likeness (QED) is 0.600. The first-order valence-electron chi connectivity index (χ1n) is 5.29. The second-order valence-electron chi connectivity index (χ2n) is 3.85. The molecule has 3 aromatic rings. The van der Waals surface area contributed by atoms with E-state index in [1.54, 1.807) is 18.2 Å². The average molecular weight is 282 g/mol. The lowest BCUT2D eigenvalue weighted by Gasteiger charge is -2.02. The second-order valence-corrected chi connectivity index (χ2v) is 4.19. The Morgan fingerprint density at radius 1 is 0.944 bits per heavy atom. The van der Waals surface area contributed by atoms with Gasteiger partial charge in [-0.3, -0.25) is 4.09 Å². The van der Waals surface area contributed by atoms with Gasteiger partial charge in [-0.15, -0.1) is 12.4 Å². The zero-order valence-corrected chi connectivity index (χ0v) is 10.9. The van der Waals surface area contributed by atoms with Crippen LogP contribution in [-0.4, -0.2) is 4.09 Å². The Morgan fingerprint density at radius 2 is 1.61 bits per heavy atom. The van der Waals surface area contributed by atoms with Crippen LogP contribution >= 0.6 is 24.2 Å². The molecular formula is C14H10Cl2FN. The summed E-state index contributed by atoms with van der Waals surface area (Å²) in [5, 5.41) is 1.00. The second kappa shape index (κ2) is 5.01. The molecule has 1 nitrogen and oxygen atoms in total. The van der Waals surface area contributed by atoms with Crippen molar-refractivity contribution in [2.24, 2.45) is 0 Å². The number of benzene rings is 2. The predicted octanol–water partition coefficient (Wildman–Crippen LogP) is 4.87. The molecule has 0 bridgehead atoms. The maximum atomic E-state index is 13.7. The van der Waals surface area contributed by atoms with Gasteiger partial charge >= 0.3 is 0 Å². The lowest BCUT2D eigenvalue weighted by molar-refractivity contribution is 0.630. The zero-order chi connectivity index (χ0) is 11.8. The number of fused-ring (bicyclic) bond motifs is 1. The monoisotopic (exact) mass is 281 g/mol. The Balaban J connectivity index is 0.00000120. The summed E-state index contributed by atoms with van der Waals surface area (Å²) in [6.07, 6.45) is 0. The molecule has 0 aliphatic carbocycles. The first-order chi connectivity index (χ1) is 8.27. The van der Waals surface area contributed by atoms with Crippen molar-refractivity contribution in [1.82, 2.24) is 4.09 Å². The van der Waals surface area contributed by atoms with Crippen molar-refractivity contribution in [3.05, 3.63) is 60.4 Å². The molecule has 3 rings (SSSR count). The molecule has 0 amide bonds. The average Bonchev–Trinajstić information content (AvgIpc) is 2.68. The van der Waals surface area contributed by atoms with Gasteiger partial charge in [0.1, 0.15) is 5.82 Å². The highest BCUT2D eigenvalue weighted by Gasteiger charge is 2.11. The number of rotatable bonds is 1. The van der Waals surface area contributed by atoms with E-state index in [4.69, 9.17) is 11.8 Å². The molecular weight excluding hydrogens is 272 g/mol. The van der Waals surface area contributed by atoms with Gasteiger partial charge in [0.05, 0.1) is 11.2 Å². The van der Waals surface area contributed by atoms with Gasteiger partial charge in [-0.05, 0) is 24.3 Å². The van der Waals surface area contributed by atoms with Gasteiger partial charge in [-0.1, -0.05) is 30.3 Å². The van der Waals surface area contributed by atoms with Gasteiger partial charge in [0.2, 0.25) is 0 Å². The molecule has 0 aliphatic rings. The Labute approximate surface area is 115 Å². The van der Waals surface area contributed by atoms with Crippen molar-refractivity contribution in [2.45, 2.75) is 0 Å². The molecule has 0 saturated heterocycles. The molecule has 4 heteroatoms. The molecule has 0 N–H and O–H groups in total. The molecule has 2 aromatic carbocycles. The van der Waals surface area contributed by atoms with E-state index in [1.807, 2.05) is 30.3 Å². The highest BCUT2D eigenvalue weighted by atomic mass is 35.5. The molecule has 0 radical (unpaired) electrons. The van der Waals surface area contributed by atoms with Gasteiger partial charge in [0.15, 0.2) is 0 Å². The lowest BCUT2D eigenvalue weighted by Crippen LogP contribution is -1.88. The molecule has 1 heterocycles. The SMILES string of the molecule is Cl.Fc1ccccc1-c1cc2ccccc2n1Cl. The Hall–Kier alpha value is -1.51. The lowest BCUT2D eigenvalue weighted by atomic mass is 10.1. The van der Waals surface area contributed by atoms with Crippen LogP contribution in [0.2, 0.25) is 0 Å². The number of hydrogen-bond acceptors (Lipinski definition) is 0. The third-order valence-electron chi connectivity index (χ3n) is 2.80. The highest BCUT2D eigenvalue weighted by molar-refractivity contribution is 6.21. The van der Waals surface area contributed by atoms with E-state index in [9.17, 15) is 4.39 Å². The summed E-state index contributed by atoms with van der Waals surface area (Å²) in [4.78, 5) is 0. The van der Waals surface area contributed by atoms with E-state index < -0.39 is 0 Å². The van der Waals surface area contributed by atoms with Crippen LogP contribution in [0.15, 0.2) is 54.6 Å². The van der Waals surface area contributed by atoms with Crippen LogP contribution in [0.3, 0.4) is 0 Å². The normalized spacial score (nSPS) is 10.3. The first kappa shape index (κ1) is 12.9. The Bertz CT molecular complexity index is 691. The Kier molecular flexibility index (Phi) is 3.60. The summed E-state index contributed by atoms with van der Waals surface area (Å²) in [5.41, 5.74) is 2.07. The number of hydrogen-bond donors (Lipinski definition) is 0. The summed E-state index contributed by atoms with van der Waals surface area (Å²) in [6.45, 7) is 0. The molecule has 0 fully saturated rings. The van der Waals surface area contributed by atoms with Crippen molar-refractivity contribution in [1.29, 1.82) is 0 Å². The van der Waals surface area contributed by atoms with E-state index in [-0.39, 0.29) is 18.2 Å². The maximum absolute atomic E-state index is 13.7. The van der Waals surface area contributed by atoms with Gasteiger partial charge in [0, 0.05) is 22.7 Å². The van der Waals surface area contributed by atoms with Crippen LogP contribution < -0.4 is 0 Å². The van der Waals surface area contributed by atoms with Crippen LogP contribution in [0.4, 0.5) is 4.39 Å². The summed E-state index contributed by atoms with van der Waals surface area (Å²) in [7, 11) is 0. The standard InChI is InChI=1S/C14H9ClFN.ClH/c15-17-13-8-4-1-5-10(13)9-14(17)11-6-2-3-7-12(11)16;/h1-9H;1H. The molecule has 0 spiro atoms. The van der Waals surface area contributed by atoms with E-state index in [0.717, 1.165) is 10.9 Å². The van der Waals surface area contributed by atoms with E-state index in [1.165, 1.54) is 10.2 Å². The van der Waals surface area contributed by atoms with Gasteiger partial charge in [-0.2, -0.15) is 0 Å². The van der Waals surface area contributed by atoms with Crippen molar-refractivity contribution >= 4 is 35.1 Å². The summed E-state index contributed by atoms with van der Waals surface area (Å²) < 4.78 is 15.2. The fraction of sp³-hybridized carbons (Fsp3) is 0. The molecule has 0 unspecified atom stereocenters. The van der Waals surface area contributed by atoms with Gasteiger partial charge in [0.25, 0.3) is 0 Å². The molecule has 18 heavy (non-hydrogen) atoms. The summed E-state index contributed by atoms with van der Waals surface area (Å²) >= 11 is 6.21. The van der Waals surface area contributed by atoms with Crippen molar-refractivity contribution in [2.75, 3.05) is 0 Å². The largest absolute Gasteiger partial charge is 0.252 e. The molecule has 1 aromatic heterocycles. The minimum absolute atomic E-state index is 0. The minimum Gasteiger partial charge on any atom is -0.252 e. The number of aromatic nitrogens is 1. The van der Waals surface area contributed by atoms with Crippen molar-refractivity contribution < 1.29 is 4.39 Å². The first-order valence-corrected chi connectivity index (χ1v) is 5.63. The third kappa shape index (κ3) is 1.98. The van der Waals surface area contributed by atoms with E-state index >= 15 is 0 Å². The van der Waals surface area contributed by atoms with Gasteiger partial charge in [-0.25, -0.2) is 4.39 Å². The maximum Gasteiger partial charge on any atom is 0.132 e. The minimum atomic E-state index is -0.266. The molecule has 0 saturated carbocycles. The number of halogens is 3. The molecule has 0 atom stereocenters. The number of nitrogens with zero attached hydrogens (tertiary/aromatic N) is 1. The third-order valence-corrected chi connectivity index (χ3v) is 3.17. The highest BCUT2D eigenvalue weighted by Crippen LogP contribution is 2.30. The van der Waals surface area contributed by atoms with Crippen molar-refractivity contribution in [3.63, 3.8) is 0 Å². The van der Waals surface area contributed by atoms with Gasteiger partial charge < -0.3 is 0 Å². The fourth-order valence-corrected chi connectivity index (χ4v) is 2.27. The zero-order valence-electron chi connectivity index (χ0n) is 9.31. The smallest absolute Gasteiger partial charge is 0.132 e. The van der Waals surface area contributed by atoms with E-state index in [0.29, 0.717) is 11.3 Å².